The van der Waals surface area contributed by atoms with Crippen LogP contribution in [0.2, 0.25) is 5.02 Å². The minimum absolute atomic E-state index is 0.0270. The zero-order valence-corrected chi connectivity index (χ0v) is 17.8. The molecular weight excluding hydrogens is 432 g/mol. The Morgan fingerprint density at radius 1 is 1.17 bits per heavy atom. The van der Waals surface area contributed by atoms with Gasteiger partial charge in [0.05, 0.1) is 28.8 Å². The summed E-state index contributed by atoms with van der Waals surface area (Å²) in [5.41, 5.74) is 0.633. The number of anilines is 1. The zero-order chi connectivity index (χ0) is 21.7. The number of Topliss-reactive ketones (excluding diaryl/α,β-unsaturated/α-hetero) is 1. The van der Waals surface area contributed by atoms with Crippen LogP contribution in [0.15, 0.2) is 47.4 Å². The van der Waals surface area contributed by atoms with Crippen molar-refractivity contribution < 1.29 is 27.5 Å². The van der Waals surface area contributed by atoms with Crippen molar-refractivity contribution in [3.05, 3.63) is 53.1 Å². The highest BCUT2D eigenvalue weighted by molar-refractivity contribution is 7.89. The molecule has 1 saturated heterocycles. The lowest BCUT2D eigenvalue weighted by Crippen LogP contribution is -2.40. The van der Waals surface area contributed by atoms with Crippen LogP contribution in [0.5, 0.6) is 5.75 Å². The van der Waals surface area contributed by atoms with E-state index < -0.39 is 15.9 Å². The molecule has 1 N–H and O–H groups in total. The number of amides is 1. The summed E-state index contributed by atoms with van der Waals surface area (Å²) < 4.78 is 37.5. The molecule has 1 amide bonds. The number of ketones is 1. The maximum atomic E-state index is 12.8. The lowest BCUT2D eigenvalue weighted by Gasteiger charge is -2.26. The molecule has 0 spiro atoms. The van der Waals surface area contributed by atoms with Crippen molar-refractivity contribution in [3.8, 4) is 5.75 Å². The fraction of sp³-hybridized carbons (Fsp3) is 0.300. The Balaban J connectivity index is 1.68. The second-order valence-corrected chi connectivity index (χ2v) is 8.92. The molecule has 1 aliphatic rings. The number of carbonyl (C=O) groups is 2. The number of carbonyl (C=O) groups excluding carboxylic acids is 2. The number of rotatable bonds is 7. The van der Waals surface area contributed by atoms with Crippen LogP contribution in [0.3, 0.4) is 0 Å². The first-order valence-electron chi connectivity index (χ1n) is 9.18. The fourth-order valence-corrected chi connectivity index (χ4v) is 4.44. The average molecular weight is 453 g/mol. The number of sulfonamides is 1. The molecule has 160 valence electrons. The number of nitrogens with one attached hydrogen (secondary N) is 1. The molecule has 0 saturated carbocycles. The summed E-state index contributed by atoms with van der Waals surface area (Å²) in [6.07, 6.45) is 0. The van der Waals surface area contributed by atoms with Gasteiger partial charge in [-0.3, -0.25) is 9.59 Å². The molecule has 1 heterocycles. The second kappa shape index (κ2) is 9.57. The van der Waals surface area contributed by atoms with Gasteiger partial charge in [-0.15, -0.1) is 0 Å². The lowest BCUT2D eigenvalue weighted by atomic mass is 10.1. The quantitative estimate of drug-likeness (QED) is 0.648. The van der Waals surface area contributed by atoms with E-state index in [1.165, 1.54) is 35.5 Å². The SMILES string of the molecule is CC(=O)c1cccc(OCC(=O)Nc2cc(S(=O)(=O)N3CCOCC3)ccc2Cl)c1. The standard InChI is InChI=1S/C20H21ClN2O6S/c1-14(24)15-3-2-4-16(11-15)29-13-20(25)22-19-12-17(5-6-18(19)21)30(26,27)23-7-9-28-10-8-23/h2-6,11-12H,7-10,13H2,1H3,(H,22,25). The van der Waals surface area contributed by atoms with E-state index in [2.05, 4.69) is 5.32 Å². The van der Waals surface area contributed by atoms with E-state index in [1.807, 2.05) is 0 Å². The van der Waals surface area contributed by atoms with E-state index in [0.717, 1.165) is 0 Å². The van der Waals surface area contributed by atoms with Gasteiger partial charge in [-0.25, -0.2) is 8.42 Å². The minimum Gasteiger partial charge on any atom is -0.484 e. The Morgan fingerprint density at radius 2 is 1.90 bits per heavy atom. The average Bonchev–Trinajstić information content (AvgIpc) is 2.74. The highest BCUT2D eigenvalue weighted by Crippen LogP contribution is 2.27. The first-order chi connectivity index (χ1) is 14.3. The van der Waals surface area contributed by atoms with E-state index in [1.54, 1.807) is 18.2 Å². The molecule has 0 aliphatic carbocycles. The molecule has 0 unspecified atom stereocenters. The van der Waals surface area contributed by atoms with Gasteiger partial charge >= 0.3 is 0 Å². The van der Waals surface area contributed by atoms with Gasteiger partial charge in [0.15, 0.2) is 12.4 Å². The fourth-order valence-electron chi connectivity index (χ4n) is 2.84. The first kappa shape index (κ1) is 22.2. The van der Waals surface area contributed by atoms with Crippen LogP contribution in [0.4, 0.5) is 5.69 Å². The topological polar surface area (TPSA) is 102 Å². The summed E-state index contributed by atoms with van der Waals surface area (Å²) >= 11 is 6.13. The van der Waals surface area contributed by atoms with Crippen LogP contribution in [0.1, 0.15) is 17.3 Å². The maximum absolute atomic E-state index is 12.8. The third-order valence-electron chi connectivity index (χ3n) is 4.43. The van der Waals surface area contributed by atoms with Gasteiger partial charge in [-0.2, -0.15) is 4.31 Å². The smallest absolute Gasteiger partial charge is 0.262 e. The summed E-state index contributed by atoms with van der Waals surface area (Å²) in [5, 5.41) is 2.76. The van der Waals surface area contributed by atoms with Crippen molar-refractivity contribution >= 4 is 39.0 Å². The number of ether oxygens (including phenoxy) is 2. The number of nitrogens with zero attached hydrogens (tertiary/aromatic N) is 1. The normalized spacial score (nSPS) is 14.9. The number of hydrogen-bond donors (Lipinski definition) is 1. The Labute approximate surface area is 179 Å². The number of benzene rings is 2. The molecule has 10 heteroatoms. The number of halogens is 1. The van der Waals surface area contributed by atoms with E-state index in [4.69, 9.17) is 21.1 Å². The van der Waals surface area contributed by atoms with Crippen LogP contribution in [0.25, 0.3) is 0 Å². The van der Waals surface area contributed by atoms with Gasteiger partial charge in [0.1, 0.15) is 5.75 Å². The molecule has 1 fully saturated rings. The largest absolute Gasteiger partial charge is 0.484 e. The Bertz CT molecular complexity index is 1050. The number of morpholine rings is 1. The molecule has 0 atom stereocenters. The zero-order valence-electron chi connectivity index (χ0n) is 16.3. The van der Waals surface area contributed by atoms with E-state index in [-0.39, 0.29) is 41.1 Å². The van der Waals surface area contributed by atoms with Crippen molar-refractivity contribution in [2.45, 2.75) is 11.8 Å². The third-order valence-corrected chi connectivity index (χ3v) is 6.65. The van der Waals surface area contributed by atoms with Crippen molar-refractivity contribution in [3.63, 3.8) is 0 Å². The summed E-state index contributed by atoms with van der Waals surface area (Å²) in [4.78, 5) is 23.7. The third kappa shape index (κ3) is 5.37. The van der Waals surface area contributed by atoms with E-state index >= 15 is 0 Å². The molecule has 8 nitrogen and oxygen atoms in total. The Kier molecular flexibility index (Phi) is 7.09. The highest BCUT2D eigenvalue weighted by atomic mass is 35.5. The van der Waals surface area contributed by atoms with Gasteiger partial charge < -0.3 is 14.8 Å². The lowest BCUT2D eigenvalue weighted by molar-refractivity contribution is -0.118. The van der Waals surface area contributed by atoms with Gasteiger partial charge in [-0.1, -0.05) is 23.7 Å². The van der Waals surface area contributed by atoms with E-state index in [9.17, 15) is 18.0 Å². The molecule has 2 aromatic rings. The second-order valence-electron chi connectivity index (χ2n) is 6.58. The summed E-state index contributed by atoms with van der Waals surface area (Å²) in [6.45, 7) is 2.29. The van der Waals surface area contributed by atoms with Crippen LogP contribution in [-0.2, 0) is 19.6 Å². The molecule has 30 heavy (non-hydrogen) atoms. The molecule has 0 bridgehead atoms. The highest BCUT2D eigenvalue weighted by Gasteiger charge is 2.27. The molecule has 0 aromatic heterocycles. The maximum Gasteiger partial charge on any atom is 0.262 e. The Hall–Kier alpha value is -2.46. The predicted molar refractivity (Wildman–Crippen MR) is 112 cm³/mol. The van der Waals surface area contributed by atoms with Crippen LogP contribution >= 0.6 is 11.6 Å². The van der Waals surface area contributed by atoms with Crippen LogP contribution < -0.4 is 10.1 Å². The number of hydrogen-bond acceptors (Lipinski definition) is 6. The van der Waals surface area contributed by atoms with Gasteiger partial charge in [0.2, 0.25) is 10.0 Å². The van der Waals surface area contributed by atoms with Crippen molar-refractivity contribution in [2.75, 3.05) is 38.2 Å². The van der Waals surface area contributed by atoms with Crippen LogP contribution in [-0.4, -0.2) is 57.3 Å². The van der Waals surface area contributed by atoms with E-state index in [0.29, 0.717) is 24.5 Å². The predicted octanol–water partition coefficient (Wildman–Crippen LogP) is 2.58. The summed E-state index contributed by atoms with van der Waals surface area (Å²) in [5.74, 6) is -0.270. The van der Waals surface area contributed by atoms with Gasteiger partial charge in [0.25, 0.3) is 5.91 Å². The summed E-state index contributed by atoms with van der Waals surface area (Å²) in [6, 6.07) is 10.6. The van der Waals surface area contributed by atoms with Crippen molar-refractivity contribution in [1.29, 1.82) is 0 Å². The molecule has 1 aliphatic heterocycles. The Morgan fingerprint density at radius 3 is 2.60 bits per heavy atom. The van der Waals surface area contributed by atoms with Gasteiger partial charge in [-0.05, 0) is 37.3 Å². The molecular formula is C20H21ClN2O6S. The first-order valence-corrected chi connectivity index (χ1v) is 11.0. The molecule has 0 radical (unpaired) electrons. The van der Waals surface area contributed by atoms with Crippen molar-refractivity contribution in [2.24, 2.45) is 0 Å². The van der Waals surface area contributed by atoms with Gasteiger partial charge in [0, 0.05) is 18.7 Å². The van der Waals surface area contributed by atoms with Crippen molar-refractivity contribution in [1.82, 2.24) is 4.31 Å². The summed E-state index contributed by atoms with van der Waals surface area (Å²) in [7, 11) is -3.73. The monoisotopic (exact) mass is 452 g/mol. The molecule has 3 rings (SSSR count). The van der Waals surface area contributed by atoms with Crippen LogP contribution in [0, 0.1) is 0 Å². The molecule has 2 aromatic carbocycles. The minimum atomic E-state index is -3.73.